The Morgan fingerprint density at radius 1 is 0.880 bits per heavy atom. The van der Waals surface area contributed by atoms with Crippen LogP contribution in [0.2, 0.25) is 0 Å². The van der Waals surface area contributed by atoms with Crippen LogP contribution in [0.1, 0.15) is 33.2 Å². The van der Waals surface area contributed by atoms with Crippen LogP contribution >= 0.6 is 0 Å². The van der Waals surface area contributed by atoms with Gasteiger partial charge in [0.15, 0.2) is 0 Å². The Balaban J connectivity index is 2.06. The van der Waals surface area contributed by atoms with E-state index in [-0.39, 0.29) is 12.0 Å². The molecule has 0 saturated heterocycles. The molecule has 0 aliphatic carbocycles. The van der Waals surface area contributed by atoms with Crippen LogP contribution in [0.15, 0.2) is 78.9 Å². The molecule has 126 valence electrons. The lowest BCUT2D eigenvalue weighted by molar-refractivity contribution is 0.0947. The molecule has 0 atom stereocenters. The Morgan fingerprint density at radius 2 is 1.44 bits per heavy atom. The highest BCUT2D eigenvalue weighted by Gasteiger charge is 2.20. The van der Waals surface area contributed by atoms with Crippen molar-refractivity contribution in [1.29, 1.82) is 0 Å². The molecular weight excluding hydrogens is 312 g/mol. The normalized spacial score (nSPS) is 10.5. The van der Waals surface area contributed by atoms with Gasteiger partial charge in [0.1, 0.15) is 11.9 Å². The highest BCUT2D eigenvalue weighted by atomic mass is 16.5. The number of rotatable bonds is 5. The monoisotopic (exact) mass is 332 g/mol. The number of ether oxygens (including phenoxy) is 1. The second kappa shape index (κ2) is 7.64. The van der Waals surface area contributed by atoms with E-state index in [2.05, 4.69) is 5.43 Å². The lowest BCUT2D eigenvalue weighted by Crippen LogP contribution is -2.31. The van der Waals surface area contributed by atoms with Gasteiger partial charge in [-0.25, -0.2) is 5.84 Å². The molecule has 0 aliphatic heterocycles. The molecule has 0 aromatic heterocycles. The smallest absolute Gasteiger partial charge is 0.269 e. The summed E-state index contributed by atoms with van der Waals surface area (Å²) in [5.41, 5.74) is 5.47. The van der Waals surface area contributed by atoms with Crippen LogP contribution in [0, 0.1) is 6.92 Å². The summed E-state index contributed by atoms with van der Waals surface area (Å²) in [6.45, 7) is 1.86. The average molecular weight is 332 g/mol. The molecule has 1 amide bonds. The third-order valence-corrected chi connectivity index (χ3v) is 4.04. The molecule has 0 saturated carbocycles. The number of carbonyl (C=O) groups is 1. The number of nitrogen functional groups attached to an aromatic ring is 1. The van der Waals surface area contributed by atoms with E-state index in [0.717, 1.165) is 16.7 Å². The van der Waals surface area contributed by atoms with Gasteiger partial charge in [-0.05, 0) is 29.7 Å². The van der Waals surface area contributed by atoms with E-state index in [0.29, 0.717) is 11.3 Å². The predicted molar refractivity (Wildman–Crippen MR) is 98.2 cm³/mol. The number of hydrogen-bond acceptors (Lipinski definition) is 3. The van der Waals surface area contributed by atoms with E-state index < -0.39 is 0 Å². The molecule has 25 heavy (non-hydrogen) atoms. The van der Waals surface area contributed by atoms with Crippen LogP contribution in [-0.4, -0.2) is 5.91 Å². The Bertz CT molecular complexity index is 809. The first-order valence-corrected chi connectivity index (χ1v) is 8.08. The minimum Gasteiger partial charge on any atom is -0.480 e. The summed E-state index contributed by atoms with van der Waals surface area (Å²) in [4.78, 5) is 12.2. The molecule has 0 aliphatic rings. The van der Waals surface area contributed by atoms with E-state index in [9.17, 15) is 4.79 Å². The molecular formula is C21H20N2O2. The van der Waals surface area contributed by atoms with Crippen LogP contribution in [0.25, 0.3) is 0 Å². The van der Waals surface area contributed by atoms with Gasteiger partial charge in [0.25, 0.3) is 5.91 Å². The van der Waals surface area contributed by atoms with Crippen LogP contribution in [0.4, 0.5) is 0 Å². The van der Waals surface area contributed by atoms with Crippen molar-refractivity contribution >= 4 is 5.91 Å². The number of nitrogens with two attached hydrogens (primary N) is 1. The summed E-state index contributed by atoms with van der Waals surface area (Å²) in [5, 5.41) is 0. The summed E-state index contributed by atoms with van der Waals surface area (Å²) in [5.74, 6) is 5.47. The van der Waals surface area contributed by atoms with Crippen molar-refractivity contribution in [2.45, 2.75) is 13.0 Å². The van der Waals surface area contributed by atoms with E-state index in [1.165, 1.54) is 0 Å². The van der Waals surface area contributed by atoms with Gasteiger partial charge in [-0.15, -0.1) is 0 Å². The fourth-order valence-corrected chi connectivity index (χ4v) is 2.81. The Morgan fingerprint density at radius 3 is 1.96 bits per heavy atom. The van der Waals surface area contributed by atoms with Gasteiger partial charge in [0.05, 0.1) is 5.56 Å². The van der Waals surface area contributed by atoms with Gasteiger partial charge in [-0.2, -0.15) is 0 Å². The molecule has 0 heterocycles. The first-order chi connectivity index (χ1) is 12.2. The lowest BCUT2D eigenvalue weighted by atomic mass is 10.0. The molecule has 4 nitrogen and oxygen atoms in total. The number of carbonyl (C=O) groups excluding carboxylic acids is 1. The quantitative estimate of drug-likeness (QED) is 0.425. The van der Waals surface area contributed by atoms with Crippen LogP contribution in [0.3, 0.4) is 0 Å². The number of hydrogen-bond donors (Lipinski definition) is 2. The van der Waals surface area contributed by atoms with E-state index in [1.807, 2.05) is 79.7 Å². The van der Waals surface area contributed by atoms with Crippen molar-refractivity contribution in [3.8, 4) is 5.75 Å². The largest absolute Gasteiger partial charge is 0.480 e. The number of nitrogens with one attached hydrogen (secondary N) is 1. The van der Waals surface area contributed by atoms with Gasteiger partial charge < -0.3 is 4.74 Å². The second-order valence-corrected chi connectivity index (χ2v) is 5.74. The molecule has 0 spiro atoms. The summed E-state index contributed by atoms with van der Waals surface area (Å²) >= 11 is 0. The van der Waals surface area contributed by atoms with Crippen molar-refractivity contribution in [2.24, 2.45) is 5.84 Å². The highest BCUT2D eigenvalue weighted by molar-refractivity contribution is 5.98. The third-order valence-electron chi connectivity index (χ3n) is 4.04. The van der Waals surface area contributed by atoms with Gasteiger partial charge in [0.2, 0.25) is 0 Å². The maximum atomic E-state index is 12.2. The van der Waals surface area contributed by atoms with E-state index >= 15 is 0 Å². The SMILES string of the molecule is Cc1cccc(OC(c2ccccc2)c2ccccc2)c1C(=O)NN. The molecule has 0 fully saturated rings. The molecule has 3 aromatic rings. The zero-order chi connectivity index (χ0) is 17.6. The molecule has 4 heteroatoms. The maximum Gasteiger partial charge on any atom is 0.269 e. The lowest BCUT2D eigenvalue weighted by Gasteiger charge is -2.22. The zero-order valence-corrected chi connectivity index (χ0v) is 14.0. The number of benzene rings is 3. The summed E-state index contributed by atoms with van der Waals surface area (Å²) in [6, 6.07) is 25.4. The summed E-state index contributed by atoms with van der Waals surface area (Å²) < 4.78 is 6.31. The standard InChI is InChI=1S/C21H20N2O2/c1-15-9-8-14-18(19(15)21(24)23-22)25-20(16-10-4-2-5-11-16)17-12-6-3-7-13-17/h2-14,20H,22H2,1H3,(H,23,24). The Labute approximate surface area is 147 Å². The topological polar surface area (TPSA) is 64.3 Å². The zero-order valence-electron chi connectivity index (χ0n) is 14.0. The van der Waals surface area contributed by atoms with Crippen molar-refractivity contribution in [3.63, 3.8) is 0 Å². The van der Waals surface area contributed by atoms with Crippen LogP contribution in [-0.2, 0) is 0 Å². The minimum absolute atomic E-state index is 0.325. The number of amides is 1. The van der Waals surface area contributed by atoms with Crippen molar-refractivity contribution in [1.82, 2.24) is 5.43 Å². The number of aryl methyl sites for hydroxylation is 1. The van der Waals surface area contributed by atoms with Gasteiger partial charge in [0, 0.05) is 0 Å². The highest BCUT2D eigenvalue weighted by Crippen LogP contribution is 2.31. The molecule has 3 rings (SSSR count). The van der Waals surface area contributed by atoms with E-state index in [4.69, 9.17) is 10.6 Å². The number of hydrazine groups is 1. The minimum atomic E-state index is -0.368. The maximum absolute atomic E-state index is 12.2. The molecule has 3 aromatic carbocycles. The van der Waals surface area contributed by atoms with Gasteiger partial charge >= 0.3 is 0 Å². The van der Waals surface area contributed by atoms with Crippen molar-refractivity contribution in [2.75, 3.05) is 0 Å². The van der Waals surface area contributed by atoms with Crippen molar-refractivity contribution < 1.29 is 9.53 Å². The van der Waals surface area contributed by atoms with Crippen molar-refractivity contribution in [3.05, 3.63) is 101 Å². The molecule has 0 bridgehead atoms. The molecule has 3 N–H and O–H groups in total. The molecule has 0 radical (unpaired) electrons. The summed E-state index contributed by atoms with van der Waals surface area (Å²) in [7, 11) is 0. The Kier molecular flexibility index (Phi) is 5.11. The van der Waals surface area contributed by atoms with Gasteiger partial charge in [-0.1, -0.05) is 72.8 Å². The summed E-state index contributed by atoms with van der Waals surface area (Å²) in [6.07, 6.45) is -0.325. The first-order valence-electron chi connectivity index (χ1n) is 8.08. The second-order valence-electron chi connectivity index (χ2n) is 5.74. The fraction of sp³-hybridized carbons (Fsp3) is 0.0952. The van der Waals surface area contributed by atoms with Gasteiger partial charge in [-0.3, -0.25) is 10.2 Å². The Hall–Kier alpha value is -3.11. The molecule has 0 unspecified atom stereocenters. The fourth-order valence-electron chi connectivity index (χ4n) is 2.81. The third kappa shape index (κ3) is 3.70. The van der Waals surface area contributed by atoms with Crippen LogP contribution in [0.5, 0.6) is 5.75 Å². The average Bonchev–Trinajstić information content (AvgIpc) is 2.67. The predicted octanol–water partition coefficient (Wildman–Crippen LogP) is 3.77. The first kappa shape index (κ1) is 16.7. The van der Waals surface area contributed by atoms with Crippen LogP contribution < -0.4 is 16.0 Å². The van der Waals surface area contributed by atoms with E-state index in [1.54, 1.807) is 6.07 Å².